The molecule has 12 heteroatoms. The van der Waals surface area contributed by atoms with Gasteiger partial charge in [-0.1, -0.05) is 6.07 Å². The minimum absolute atomic E-state index is 0.0734. The molecule has 150 valence electrons. The lowest BCUT2D eigenvalue weighted by atomic mass is 10.1. The molecule has 0 bridgehead atoms. The average Bonchev–Trinajstić information content (AvgIpc) is 3.17. The predicted octanol–water partition coefficient (Wildman–Crippen LogP) is 0.610. The highest BCUT2D eigenvalue weighted by atomic mass is 32.2. The summed E-state index contributed by atoms with van der Waals surface area (Å²) in [5.41, 5.74) is 2.46. The molecule has 1 fully saturated rings. The summed E-state index contributed by atoms with van der Waals surface area (Å²) in [6, 6.07) is 3.68. The van der Waals surface area contributed by atoms with E-state index in [4.69, 9.17) is 9.84 Å². The highest BCUT2D eigenvalue weighted by Crippen LogP contribution is 2.21. The number of benzene rings is 1. The number of hydrazine groups is 1. The van der Waals surface area contributed by atoms with Crippen LogP contribution in [-0.4, -0.2) is 56.7 Å². The molecule has 0 spiro atoms. The number of carboxylic acid groups (broad SMARTS) is 1. The van der Waals surface area contributed by atoms with E-state index < -0.39 is 21.9 Å². The molecular formula is C16H18N4O6S2. The molecule has 2 heterocycles. The van der Waals surface area contributed by atoms with Crippen molar-refractivity contribution in [1.82, 2.24) is 15.2 Å². The van der Waals surface area contributed by atoms with Crippen LogP contribution in [0.4, 0.5) is 5.13 Å². The molecule has 1 saturated heterocycles. The minimum atomic E-state index is -4.15. The van der Waals surface area contributed by atoms with Crippen molar-refractivity contribution in [3.8, 4) is 0 Å². The number of hydrogen-bond acceptors (Lipinski definition) is 8. The van der Waals surface area contributed by atoms with E-state index in [0.29, 0.717) is 37.0 Å². The lowest BCUT2D eigenvalue weighted by molar-refractivity contribution is 0.0695. The van der Waals surface area contributed by atoms with Gasteiger partial charge in [0.1, 0.15) is 5.69 Å². The number of aromatic nitrogens is 1. The molecule has 3 rings (SSSR count). The number of carboxylic acids is 1. The molecular weight excluding hydrogens is 408 g/mol. The van der Waals surface area contributed by atoms with Crippen LogP contribution >= 0.6 is 11.3 Å². The zero-order valence-corrected chi connectivity index (χ0v) is 16.5. The molecule has 1 aromatic heterocycles. The van der Waals surface area contributed by atoms with Gasteiger partial charge in [-0.25, -0.2) is 18.2 Å². The molecule has 0 radical (unpaired) electrons. The Bertz CT molecular complexity index is 998. The van der Waals surface area contributed by atoms with Gasteiger partial charge in [-0.15, -0.1) is 16.2 Å². The molecule has 0 saturated carbocycles. The summed E-state index contributed by atoms with van der Waals surface area (Å²) < 4.78 is 30.0. The normalized spacial score (nSPS) is 14.7. The fourth-order valence-electron chi connectivity index (χ4n) is 2.50. The zero-order chi connectivity index (χ0) is 20.3. The molecule has 2 aromatic rings. The average molecular weight is 426 g/mol. The van der Waals surface area contributed by atoms with E-state index >= 15 is 0 Å². The third-order valence-electron chi connectivity index (χ3n) is 4.05. The van der Waals surface area contributed by atoms with Gasteiger partial charge in [0.25, 0.3) is 15.9 Å². The van der Waals surface area contributed by atoms with Gasteiger partial charge < -0.3 is 14.7 Å². The number of sulfonamides is 1. The Kier molecular flexibility index (Phi) is 5.93. The Labute approximate surface area is 165 Å². The van der Waals surface area contributed by atoms with Crippen LogP contribution in [0.5, 0.6) is 0 Å². The Balaban J connectivity index is 1.67. The summed E-state index contributed by atoms with van der Waals surface area (Å²) in [5, 5.41) is 11.3. The Morgan fingerprint density at radius 2 is 2.00 bits per heavy atom. The maximum Gasteiger partial charge on any atom is 0.335 e. The van der Waals surface area contributed by atoms with Gasteiger partial charge in [0.15, 0.2) is 5.13 Å². The zero-order valence-electron chi connectivity index (χ0n) is 14.8. The highest BCUT2D eigenvalue weighted by molar-refractivity contribution is 7.89. The van der Waals surface area contributed by atoms with Crippen LogP contribution < -0.4 is 15.2 Å². The first-order valence-electron chi connectivity index (χ1n) is 8.22. The number of carbonyl (C=O) groups excluding carboxylic acids is 1. The number of carbonyl (C=O) groups is 2. The lowest BCUT2D eigenvalue weighted by Crippen LogP contribution is -2.41. The first-order chi connectivity index (χ1) is 13.3. The van der Waals surface area contributed by atoms with Crippen LogP contribution in [0.3, 0.4) is 0 Å². The van der Waals surface area contributed by atoms with Gasteiger partial charge in [-0.05, 0) is 24.6 Å². The van der Waals surface area contributed by atoms with Gasteiger partial charge >= 0.3 is 5.97 Å². The Hall–Kier alpha value is -2.54. The molecule has 0 unspecified atom stereocenters. The number of aromatic carboxylic acids is 1. The number of morpholine rings is 1. The van der Waals surface area contributed by atoms with Gasteiger partial charge in [0, 0.05) is 18.5 Å². The second-order valence-corrected chi connectivity index (χ2v) is 8.48. The molecule has 0 aliphatic carbocycles. The highest BCUT2D eigenvalue weighted by Gasteiger charge is 2.21. The number of nitrogens with zero attached hydrogens (tertiary/aromatic N) is 2. The van der Waals surface area contributed by atoms with Gasteiger partial charge in [-0.2, -0.15) is 0 Å². The van der Waals surface area contributed by atoms with Crippen molar-refractivity contribution in [3.63, 3.8) is 0 Å². The molecule has 0 atom stereocenters. The second kappa shape index (κ2) is 8.22. The summed E-state index contributed by atoms with van der Waals surface area (Å²) in [4.78, 5) is 31.3. The van der Waals surface area contributed by atoms with Crippen molar-refractivity contribution in [2.45, 2.75) is 11.8 Å². The number of aryl methyl sites for hydroxylation is 1. The number of hydrogen-bond donors (Lipinski definition) is 3. The van der Waals surface area contributed by atoms with Crippen LogP contribution in [-0.2, 0) is 14.8 Å². The molecule has 3 N–H and O–H groups in total. The monoisotopic (exact) mass is 426 g/mol. The maximum atomic E-state index is 12.3. The van der Waals surface area contributed by atoms with Gasteiger partial charge in [0.05, 0.1) is 23.7 Å². The van der Waals surface area contributed by atoms with Crippen molar-refractivity contribution in [2.75, 3.05) is 31.2 Å². The SMILES string of the molecule is Cc1ccc(S(=O)(=O)NNC(=O)c2csc(N3CCOCC3)n2)cc1C(=O)O. The predicted molar refractivity (Wildman–Crippen MR) is 101 cm³/mol. The Morgan fingerprint density at radius 1 is 1.29 bits per heavy atom. The van der Waals surface area contributed by atoms with E-state index in [-0.39, 0.29) is 16.2 Å². The molecule has 1 aliphatic rings. The fraction of sp³-hybridized carbons (Fsp3) is 0.312. The largest absolute Gasteiger partial charge is 0.478 e. The molecule has 10 nitrogen and oxygen atoms in total. The van der Waals surface area contributed by atoms with Gasteiger partial charge in [-0.3, -0.25) is 10.2 Å². The summed E-state index contributed by atoms with van der Waals surface area (Å²) in [6.07, 6.45) is 0. The number of anilines is 1. The molecule has 1 amide bonds. The van der Waals surface area contributed by atoms with Crippen molar-refractivity contribution in [1.29, 1.82) is 0 Å². The van der Waals surface area contributed by atoms with E-state index in [1.807, 2.05) is 9.73 Å². The third-order valence-corrected chi connectivity index (χ3v) is 6.20. The fourth-order valence-corrected chi connectivity index (χ4v) is 4.23. The van der Waals surface area contributed by atoms with E-state index in [1.165, 1.54) is 28.8 Å². The van der Waals surface area contributed by atoms with Crippen LogP contribution in [0.15, 0.2) is 28.5 Å². The number of nitrogens with one attached hydrogen (secondary N) is 2. The summed E-state index contributed by atoms with van der Waals surface area (Å²) in [7, 11) is -4.15. The van der Waals surface area contributed by atoms with Crippen molar-refractivity contribution in [2.24, 2.45) is 0 Å². The van der Waals surface area contributed by atoms with Crippen LogP contribution in [0.25, 0.3) is 0 Å². The van der Waals surface area contributed by atoms with E-state index in [2.05, 4.69) is 10.4 Å². The Morgan fingerprint density at radius 3 is 2.68 bits per heavy atom. The van der Waals surface area contributed by atoms with Crippen LogP contribution in [0.2, 0.25) is 0 Å². The van der Waals surface area contributed by atoms with E-state index in [9.17, 15) is 18.0 Å². The summed E-state index contributed by atoms with van der Waals surface area (Å²) in [6.45, 7) is 4.05. The summed E-state index contributed by atoms with van der Waals surface area (Å²) >= 11 is 1.28. The van der Waals surface area contributed by atoms with E-state index in [1.54, 1.807) is 6.92 Å². The maximum absolute atomic E-state index is 12.3. The quantitative estimate of drug-likeness (QED) is 0.571. The van der Waals surface area contributed by atoms with Crippen molar-refractivity contribution < 1.29 is 27.9 Å². The number of amides is 1. The molecule has 1 aliphatic heterocycles. The first-order valence-corrected chi connectivity index (χ1v) is 10.6. The lowest BCUT2D eigenvalue weighted by Gasteiger charge is -2.25. The number of ether oxygens (including phenoxy) is 1. The smallest absolute Gasteiger partial charge is 0.335 e. The van der Waals surface area contributed by atoms with Crippen LogP contribution in [0.1, 0.15) is 26.4 Å². The van der Waals surface area contributed by atoms with Gasteiger partial charge in [0.2, 0.25) is 0 Å². The number of rotatable bonds is 6. The number of thiazole rings is 1. The third kappa shape index (κ3) is 4.47. The van der Waals surface area contributed by atoms with Crippen LogP contribution in [0, 0.1) is 6.92 Å². The minimum Gasteiger partial charge on any atom is -0.478 e. The molecule has 28 heavy (non-hydrogen) atoms. The van der Waals surface area contributed by atoms with E-state index in [0.717, 1.165) is 6.07 Å². The standard InChI is InChI=1S/C16H18N4O6S2/c1-10-2-3-11(8-12(10)15(22)23)28(24,25)19-18-14(21)13-9-27-16(17-13)20-4-6-26-7-5-20/h2-3,8-9,19H,4-7H2,1H3,(H,18,21)(H,22,23). The van der Waals surface area contributed by atoms with Crippen molar-refractivity contribution >= 4 is 38.4 Å². The first kappa shape index (κ1) is 20.2. The summed E-state index contributed by atoms with van der Waals surface area (Å²) in [5.74, 6) is -1.96. The van der Waals surface area contributed by atoms with Crippen molar-refractivity contribution in [3.05, 3.63) is 40.4 Å². The topological polar surface area (TPSA) is 138 Å². The second-order valence-electron chi connectivity index (χ2n) is 5.96. The molecule has 1 aromatic carbocycles.